The molecule has 3 rings (SSSR count). The van der Waals surface area contributed by atoms with Crippen molar-refractivity contribution in [3.63, 3.8) is 0 Å². The Morgan fingerprint density at radius 2 is 1.79 bits per heavy atom. The Balaban J connectivity index is 1.56. The molecule has 2 aliphatic heterocycles. The Labute approximate surface area is 115 Å². The molecule has 3 unspecified atom stereocenters. The summed E-state index contributed by atoms with van der Waals surface area (Å²) in [5, 5.41) is 9.81. The van der Waals surface area contributed by atoms with Gasteiger partial charge in [0.1, 0.15) is 0 Å². The van der Waals surface area contributed by atoms with E-state index in [0.29, 0.717) is 12.1 Å². The highest BCUT2D eigenvalue weighted by Crippen LogP contribution is 2.36. The third kappa shape index (κ3) is 2.83. The van der Waals surface area contributed by atoms with Crippen LogP contribution in [0.2, 0.25) is 0 Å². The first-order chi connectivity index (χ1) is 9.24. The van der Waals surface area contributed by atoms with Crippen LogP contribution in [0.15, 0.2) is 30.3 Å². The fourth-order valence-electron chi connectivity index (χ4n) is 3.77. The third-order valence-electron chi connectivity index (χ3n) is 4.79. The zero-order chi connectivity index (χ0) is 13.2. The van der Waals surface area contributed by atoms with Gasteiger partial charge in [0.05, 0.1) is 6.10 Å². The highest BCUT2D eigenvalue weighted by atomic mass is 16.3. The number of aliphatic hydroxyl groups excluding tert-OH is 1. The van der Waals surface area contributed by atoms with Gasteiger partial charge in [-0.2, -0.15) is 0 Å². The van der Waals surface area contributed by atoms with Crippen molar-refractivity contribution >= 4 is 0 Å². The van der Waals surface area contributed by atoms with Crippen molar-refractivity contribution in [2.24, 2.45) is 5.73 Å². The number of piperidine rings is 1. The summed E-state index contributed by atoms with van der Waals surface area (Å²) < 4.78 is 0. The summed E-state index contributed by atoms with van der Waals surface area (Å²) in [4.78, 5) is 2.59. The smallest absolute Gasteiger partial charge is 0.0570 e. The predicted molar refractivity (Wildman–Crippen MR) is 76.7 cm³/mol. The monoisotopic (exact) mass is 260 g/mol. The second-order valence-corrected chi connectivity index (χ2v) is 6.05. The lowest BCUT2D eigenvalue weighted by Gasteiger charge is -2.37. The number of hydrogen-bond acceptors (Lipinski definition) is 3. The summed E-state index contributed by atoms with van der Waals surface area (Å²) in [6.07, 6.45) is 5.35. The molecule has 3 nitrogen and oxygen atoms in total. The topological polar surface area (TPSA) is 49.5 Å². The average Bonchev–Trinajstić information content (AvgIpc) is 2.67. The number of aliphatic hydroxyl groups is 1. The molecule has 0 aromatic heterocycles. The maximum absolute atomic E-state index is 9.81. The van der Waals surface area contributed by atoms with Crippen LogP contribution in [0.3, 0.4) is 0 Å². The van der Waals surface area contributed by atoms with Gasteiger partial charge in [0.25, 0.3) is 0 Å². The van der Waals surface area contributed by atoms with Crippen LogP contribution in [-0.2, 0) is 0 Å². The minimum absolute atomic E-state index is 0.0726. The molecule has 2 fully saturated rings. The molecule has 3 N–H and O–H groups in total. The van der Waals surface area contributed by atoms with Crippen molar-refractivity contribution in [2.75, 3.05) is 6.54 Å². The first kappa shape index (κ1) is 13.1. The molecule has 3 heteroatoms. The minimum Gasteiger partial charge on any atom is -0.393 e. The van der Waals surface area contributed by atoms with Gasteiger partial charge >= 0.3 is 0 Å². The van der Waals surface area contributed by atoms with Crippen LogP contribution >= 0.6 is 0 Å². The van der Waals surface area contributed by atoms with Crippen LogP contribution in [0.5, 0.6) is 0 Å². The van der Waals surface area contributed by atoms with Crippen LogP contribution < -0.4 is 5.73 Å². The highest BCUT2D eigenvalue weighted by Gasteiger charge is 2.39. The van der Waals surface area contributed by atoms with Crippen molar-refractivity contribution in [1.29, 1.82) is 0 Å². The van der Waals surface area contributed by atoms with Crippen LogP contribution in [0, 0.1) is 0 Å². The van der Waals surface area contributed by atoms with Crippen molar-refractivity contribution in [2.45, 2.75) is 56.3 Å². The molecule has 1 aromatic carbocycles. The zero-order valence-corrected chi connectivity index (χ0v) is 11.4. The summed E-state index contributed by atoms with van der Waals surface area (Å²) in [7, 11) is 0. The first-order valence-electron chi connectivity index (χ1n) is 7.48. The summed E-state index contributed by atoms with van der Waals surface area (Å²) in [5.74, 6) is 0. The van der Waals surface area contributed by atoms with Gasteiger partial charge in [0.2, 0.25) is 0 Å². The highest BCUT2D eigenvalue weighted by molar-refractivity contribution is 5.18. The molecule has 2 saturated heterocycles. The number of fused-ring (bicyclic) bond motifs is 2. The Kier molecular flexibility index (Phi) is 3.87. The van der Waals surface area contributed by atoms with Gasteiger partial charge < -0.3 is 10.8 Å². The summed E-state index contributed by atoms with van der Waals surface area (Å²) in [5.41, 5.74) is 7.50. The standard InChI is InChI=1S/C16H24N2O/c17-16(12-4-2-1-3-5-12)8-9-18-13-6-7-14(18)11-15(19)10-13/h1-5,13-16,19H,6-11,17H2. The van der Waals surface area contributed by atoms with Crippen molar-refractivity contribution in [1.82, 2.24) is 4.90 Å². The van der Waals surface area contributed by atoms with E-state index in [1.807, 2.05) is 6.07 Å². The predicted octanol–water partition coefficient (Wildman–Crippen LogP) is 2.06. The molecular formula is C16H24N2O. The van der Waals surface area contributed by atoms with E-state index in [1.165, 1.54) is 18.4 Å². The number of nitrogens with zero attached hydrogens (tertiary/aromatic N) is 1. The molecule has 19 heavy (non-hydrogen) atoms. The van der Waals surface area contributed by atoms with E-state index in [1.54, 1.807) is 0 Å². The van der Waals surface area contributed by atoms with E-state index in [2.05, 4.69) is 29.2 Å². The SMILES string of the molecule is NC(CCN1C2CCC1CC(O)C2)c1ccccc1. The number of hydrogen-bond donors (Lipinski definition) is 2. The van der Waals surface area contributed by atoms with E-state index in [-0.39, 0.29) is 12.1 Å². The van der Waals surface area contributed by atoms with Gasteiger partial charge in [-0.1, -0.05) is 30.3 Å². The second kappa shape index (κ2) is 5.61. The molecule has 1 aromatic rings. The maximum atomic E-state index is 9.81. The number of nitrogens with two attached hydrogens (primary N) is 1. The van der Waals surface area contributed by atoms with Gasteiger partial charge in [0.15, 0.2) is 0 Å². The van der Waals surface area contributed by atoms with Crippen LogP contribution in [-0.4, -0.2) is 34.7 Å². The molecule has 3 atom stereocenters. The Morgan fingerprint density at radius 1 is 1.16 bits per heavy atom. The van der Waals surface area contributed by atoms with E-state index in [0.717, 1.165) is 25.8 Å². The Hall–Kier alpha value is -0.900. The fraction of sp³-hybridized carbons (Fsp3) is 0.625. The molecule has 0 saturated carbocycles. The average molecular weight is 260 g/mol. The lowest BCUT2D eigenvalue weighted by atomic mass is 9.98. The van der Waals surface area contributed by atoms with Crippen LogP contribution in [0.1, 0.15) is 43.7 Å². The van der Waals surface area contributed by atoms with E-state index >= 15 is 0 Å². The molecule has 2 heterocycles. The van der Waals surface area contributed by atoms with Crippen LogP contribution in [0.4, 0.5) is 0 Å². The van der Waals surface area contributed by atoms with Gasteiger partial charge in [-0.3, -0.25) is 4.90 Å². The van der Waals surface area contributed by atoms with Gasteiger partial charge in [-0.05, 0) is 37.7 Å². The van der Waals surface area contributed by atoms with Gasteiger partial charge in [-0.25, -0.2) is 0 Å². The summed E-state index contributed by atoms with van der Waals surface area (Å²) in [6, 6.07) is 11.7. The molecule has 2 aliphatic rings. The summed E-state index contributed by atoms with van der Waals surface area (Å²) in [6.45, 7) is 1.07. The van der Waals surface area contributed by atoms with Crippen molar-refractivity contribution in [3.8, 4) is 0 Å². The van der Waals surface area contributed by atoms with Gasteiger partial charge in [0, 0.05) is 24.7 Å². The first-order valence-corrected chi connectivity index (χ1v) is 7.48. The number of rotatable bonds is 4. The zero-order valence-electron chi connectivity index (χ0n) is 11.4. The normalized spacial score (nSPS) is 32.4. The van der Waals surface area contributed by atoms with E-state index < -0.39 is 0 Å². The molecule has 2 bridgehead atoms. The van der Waals surface area contributed by atoms with Crippen molar-refractivity contribution in [3.05, 3.63) is 35.9 Å². The molecular weight excluding hydrogens is 236 g/mol. The second-order valence-electron chi connectivity index (χ2n) is 6.05. The lowest BCUT2D eigenvalue weighted by Crippen LogP contribution is -2.45. The van der Waals surface area contributed by atoms with E-state index in [9.17, 15) is 5.11 Å². The van der Waals surface area contributed by atoms with E-state index in [4.69, 9.17) is 5.73 Å². The van der Waals surface area contributed by atoms with Crippen LogP contribution in [0.25, 0.3) is 0 Å². The Bertz CT molecular complexity index is 394. The molecule has 104 valence electrons. The number of benzene rings is 1. The quantitative estimate of drug-likeness (QED) is 0.871. The van der Waals surface area contributed by atoms with Gasteiger partial charge in [-0.15, -0.1) is 0 Å². The minimum atomic E-state index is -0.0726. The Morgan fingerprint density at radius 3 is 2.42 bits per heavy atom. The lowest BCUT2D eigenvalue weighted by molar-refractivity contribution is 0.0340. The largest absolute Gasteiger partial charge is 0.393 e. The third-order valence-corrected chi connectivity index (χ3v) is 4.79. The molecule has 0 spiro atoms. The van der Waals surface area contributed by atoms with Crippen molar-refractivity contribution < 1.29 is 5.11 Å². The maximum Gasteiger partial charge on any atom is 0.0570 e. The molecule has 0 radical (unpaired) electrons. The molecule has 0 aliphatic carbocycles. The summed E-state index contributed by atoms with van der Waals surface area (Å²) >= 11 is 0. The molecule has 0 amide bonds. The fourth-order valence-corrected chi connectivity index (χ4v) is 3.77.